The number of aliphatic hydroxyl groups excluding tert-OH is 1. The summed E-state index contributed by atoms with van der Waals surface area (Å²) in [6.45, 7) is 3.43. The summed E-state index contributed by atoms with van der Waals surface area (Å²) in [5.41, 5.74) is 1.71. The van der Waals surface area contributed by atoms with E-state index in [4.69, 9.17) is 14.2 Å². The van der Waals surface area contributed by atoms with E-state index in [9.17, 15) is 24.3 Å². The average Bonchev–Trinajstić information content (AvgIpc) is 3.37. The van der Waals surface area contributed by atoms with E-state index < -0.39 is 29.9 Å². The Morgan fingerprint density at radius 3 is 2.62 bits per heavy atom. The monoisotopic (exact) mass is 540 g/mol. The van der Waals surface area contributed by atoms with Gasteiger partial charge in [0.15, 0.2) is 11.5 Å². The number of nitrogens with one attached hydrogen (secondary N) is 3. The molecule has 0 aliphatic carbocycles. The predicted molar refractivity (Wildman–Crippen MR) is 138 cm³/mol. The number of benzene rings is 2. The van der Waals surface area contributed by atoms with Crippen molar-refractivity contribution in [1.29, 1.82) is 0 Å². The fraction of sp³-hybridized carbons (Fsp3) is 0.407. The zero-order valence-electron chi connectivity index (χ0n) is 21.8. The fourth-order valence-electron chi connectivity index (χ4n) is 4.16. The molecule has 2 heterocycles. The molecule has 4 amide bonds. The molecule has 2 bridgehead atoms. The van der Waals surface area contributed by atoms with Gasteiger partial charge in [-0.25, -0.2) is 0 Å². The Hall–Kier alpha value is -4.32. The molecule has 0 fully saturated rings. The van der Waals surface area contributed by atoms with Crippen LogP contribution in [-0.2, 0) is 20.8 Å². The van der Waals surface area contributed by atoms with Crippen molar-refractivity contribution in [3.8, 4) is 17.2 Å². The quantitative estimate of drug-likeness (QED) is 0.421. The van der Waals surface area contributed by atoms with Gasteiger partial charge in [-0.2, -0.15) is 0 Å². The molecule has 2 aromatic rings. The van der Waals surface area contributed by atoms with Gasteiger partial charge in [0, 0.05) is 18.7 Å². The highest BCUT2D eigenvalue weighted by Gasteiger charge is 2.27. The predicted octanol–water partition coefficient (Wildman–Crippen LogP) is -0.101. The zero-order chi connectivity index (χ0) is 27.9. The second kappa shape index (κ2) is 12.5. The molecule has 0 saturated heterocycles. The second-order valence-electron chi connectivity index (χ2n) is 9.34. The van der Waals surface area contributed by atoms with Gasteiger partial charge in [-0.1, -0.05) is 12.1 Å². The van der Waals surface area contributed by atoms with E-state index in [1.54, 1.807) is 30.3 Å². The summed E-state index contributed by atoms with van der Waals surface area (Å²) < 4.78 is 16.4. The van der Waals surface area contributed by atoms with Crippen molar-refractivity contribution in [3.63, 3.8) is 0 Å². The molecular formula is C27H32N4O8. The lowest BCUT2D eigenvalue weighted by Crippen LogP contribution is -2.53. The first-order valence-corrected chi connectivity index (χ1v) is 12.6. The van der Waals surface area contributed by atoms with Gasteiger partial charge in [0.1, 0.15) is 18.4 Å². The molecule has 0 radical (unpaired) electrons. The number of hydrogen-bond acceptors (Lipinski definition) is 8. The van der Waals surface area contributed by atoms with Crippen LogP contribution in [0, 0.1) is 6.92 Å². The van der Waals surface area contributed by atoms with Crippen molar-refractivity contribution in [1.82, 2.24) is 20.9 Å². The molecule has 4 N–H and O–H groups in total. The van der Waals surface area contributed by atoms with Crippen molar-refractivity contribution in [2.45, 2.75) is 32.4 Å². The molecule has 4 rings (SSSR count). The standard InChI is InChI=1S/C27H32N4O8/c1-16-3-5-19-13-21(16)37-10-8-28-23(33)14-31(9-7-29-27(36)25(17(2)32)30-26(19)35)24(34)12-18-4-6-20-22(11-18)39-15-38-20/h3-6,11,13,17,25,32H,7-10,12,14-15H2,1-2H3,(H,28,33)(H,29,36)(H,30,35)/t17-,25+/m1/s1. The summed E-state index contributed by atoms with van der Waals surface area (Å²) in [6.07, 6.45) is -1.19. The van der Waals surface area contributed by atoms with Crippen molar-refractivity contribution in [2.75, 3.05) is 39.6 Å². The van der Waals surface area contributed by atoms with Gasteiger partial charge < -0.3 is 40.2 Å². The number of aliphatic hydroxyl groups is 1. The first-order chi connectivity index (χ1) is 18.7. The lowest BCUT2D eigenvalue weighted by Gasteiger charge is -2.24. The van der Waals surface area contributed by atoms with Gasteiger partial charge in [-0.15, -0.1) is 0 Å². The summed E-state index contributed by atoms with van der Waals surface area (Å²) in [4.78, 5) is 52.9. The Bertz CT molecular complexity index is 1250. The van der Waals surface area contributed by atoms with E-state index in [0.29, 0.717) is 22.8 Å². The van der Waals surface area contributed by atoms with Gasteiger partial charge in [0.2, 0.25) is 24.5 Å². The highest BCUT2D eigenvalue weighted by Crippen LogP contribution is 2.32. The number of nitrogens with zero attached hydrogens (tertiary/aromatic N) is 1. The summed E-state index contributed by atoms with van der Waals surface area (Å²) >= 11 is 0. The highest BCUT2D eigenvalue weighted by molar-refractivity contribution is 5.98. The van der Waals surface area contributed by atoms with Crippen molar-refractivity contribution in [3.05, 3.63) is 53.1 Å². The van der Waals surface area contributed by atoms with E-state index in [2.05, 4.69) is 16.0 Å². The number of fused-ring (bicyclic) bond motifs is 3. The molecular weight excluding hydrogens is 508 g/mol. The third kappa shape index (κ3) is 7.17. The van der Waals surface area contributed by atoms with Crippen LogP contribution < -0.4 is 30.2 Å². The van der Waals surface area contributed by atoms with Crippen LogP contribution in [0.4, 0.5) is 0 Å². The summed E-state index contributed by atoms with van der Waals surface area (Å²) in [7, 11) is 0. The molecule has 0 spiro atoms. The van der Waals surface area contributed by atoms with Crippen LogP contribution in [-0.4, -0.2) is 85.4 Å². The molecule has 2 aromatic carbocycles. The van der Waals surface area contributed by atoms with Crippen LogP contribution in [0.25, 0.3) is 0 Å². The Labute approximate surface area is 225 Å². The Morgan fingerprint density at radius 1 is 1.03 bits per heavy atom. The minimum absolute atomic E-state index is 0.00219. The number of amides is 4. The van der Waals surface area contributed by atoms with Gasteiger partial charge in [0.25, 0.3) is 5.91 Å². The molecule has 12 heteroatoms. The Morgan fingerprint density at radius 2 is 1.82 bits per heavy atom. The van der Waals surface area contributed by atoms with Crippen LogP contribution in [0.1, 0.15) is 28.4 Å². The SMILES string of the molecule is Cc1ccc2cc1OCCNC(=O)CN(C(=O)Cc1ccc3c(c1)OCO3)CCNC(=O)[C@H]([C@@H](C)O)NC2=O. The first kappa shape index (κ1) is 27.7. The maximum absolute atomic E-state index is 13.2. The molecule has 39 heavy (non-hydrogen) atoms. The third-order valence-corrected chi connectivity index (χ3v) is 6.34. The van der Waals surface area contributed by atoms with Crippen LogP contribution in [0.3, 0.4) is 0 Å². The summed E-state index contributed by atoms with van der Waals surface area (Å²) in [6, 6.07) is 8.78. The van der Waals surface area contributed by atoms with Crippen molar-refractivity contribution >= 4 is 23.6 Å². The normalized spacial score (nSPS) is 19.2. The lowest BCUT2D eigenvalue weighted by molar-refractivity contribution is -0.135. The van der Waals surface area contributed by atoms with Crippen molar-refractivity contribution < 1.29 is 38.5 Å². The average molecular weight is 541 g/mol. The molecule has 0 aromatic heterocycles. The van der Waals surface area contributed by atoms with Gasteiger partial charge >= 0.3 is 0 Å². The van der Waals surface area contributed by atoms with E-state index in [-0.39, 0.29) is 57.5 Å². The van der Waals surface area contributed by atoms with Crippen LogP contribution in [0.5, 0.6) is 17.2 Å². The van der Waals surface area contributed by atoms with E-state index in [1.807, 2.05) is 6.92 Å². The summed E-state index contributed by atoms with van der Waals surface area (Å²) in [5, 5.41) is 18.1. The molecule has 2 aliphatic rings. The van der Waals surface area contributed by atoms with E-state index >= 15 is 0 Å². The van der Waals surface area contributed by atoms with Crippen molar-refractivity contribution in [2.24, 2.45) is 0 Å². The van der Waals surface area contributed by atoms with Gasteiger partial charge in [-0.05, 0) is 49.2 Å². The zero-order valence-corrected chi connectivity index (χ0v) is 21.8. The lowest BCUT2D eigenvalue weighted by atomic mass is 10.1. The molecule has 12 nitrogen and oxygen atoms in total. The molecule has 2 aliphatic heterocycles. The Kier molecular flexibility index (Phi) is 8.87. The van der Waals surface area contributed by atoms with Gasteiger partial charge in [0.05, 0.1) is 25.6 Å². The first-order valence-electron chi connectivity index (χ1n) is 12.6. The van der Waals surface area contributed by atoms with Crippen LogP contribution in [0.2, 0.25) is 0 Å². The topological polar surface area (TPSA) is 156 Å². The minimum atomic E-state index is -1.24. The van der Waals surface area contributed by atoms with Crippen LogP contribution >= 0.6 is 0 Å². The fourth-order valence-corrected chi connectivity index (χ4v) is 4.16. The molecule has 208 valence electrons. The van der Waals surface area contributed by atoms with Crippen LogP contribution in [0.15, 0.2) is 36.4 Å². The summed E-state index contributed by atoms with van der Waals surface area (Å²) in [5.74, 6) is -0.326. The highest BCUT2D eigenvalue weighted by atomic mass is 16.7. The maximum atomic E-state index is 13.2. The van der Waals surface area contributed by atoms with E-state index in [0.717, 1.165) is 5.56 Å². The smallest absolute Gasteiger partial charge is 0.252 e. The number of ether oxygens (including phenoxy) is 3. The maximum Gasteiger partial charge on any atom is 0.252 e. The third-order valence-electron chi connectivity index (χ3n) is 6.34. The Balaban J connectivity index is 1.50. The van der Waals surface area contributed by atoms with Gasteiger partial charge in [-0.3, -0.25) is 19.2 Å². The molecule has 0 unspecified atom stereocenters. The number of carbonyl (C=O) groups is 4. The largest absolute Gasteiger partial charge is 0.491 e. The number of hydrogen-bond donors (Lipinski definition) is 4. The number of carbonyl (C=O) groups excluding carboxylic acids is 4. The number of aryl methyl sites for hydroxylation is 1. The number of rotatable bonds is 3. The molecule has 2 atom stereocenters. The van der Waals surface area contributed by atoms with E-state index in [1.165, 1.54) is 17.9 Å². The molecule has 0 saturated carbocycles. The second-order valence-corrected chi connectivity index (χ2v) is 9.34. The minimum Gasteiger partial charge on any atom is -0.491 e.